The normalized spacial score (nSPS) is 15.8. The van der Waals surface area contributed by atoms with Crippen LogP contribution in [0.15, 0.2) is 34.9 Å². The molecule has 140 valence electrons. The molecule has 2 aromatic rings. The third-order valence-electron chi connectivity index (χ3n) is 4.24. The van der Waals surface area contributed by atoms with Crippen LogP contribution in [0.4, 0.5) is 4.79 Å². The van der Waals surface area contributed by atoms with Gasteiger partial charge in [-0.3, -0.25) is 4.79 Å². The number of nitrogens with zero attached hydrogens (tertiary/aromatic N) is 2. The number of imidazole rings is 1. The van der Waals surface area contributed by atoms with Gasteiger partial charge in [-0.15, -0.1) is 0 Å². The average Bonchev–Trinajstić information content (AvgIpc) is 3.34. The standard InChI is InChI=1S/C19H19BrN4O3/c1-27-19(26)22-12-17(25)24-10-2-3-16(24)18-21-11-15(23-18)9-6-13-4-7-14(20)8-5-13/h4-5,7-8,11,16H,2-3,10,12H2,1H3,(H,21,23)(H,22,26)/t16-/m0/s1. The molecule has 1 fully saturated rings. The zero-order valence-electron chi connectivity index (χ0n) is 14.8. The predicted octanol–water partition coefficient (Wildman–Crippen LogP) is 2.59. The van der Waals surface area contributed by atoms with Crippen molar-refractivity contribution in [1.29, 1.82) is 0 Å². The zero-order chi connectivity index (χ0) is 19.2. The molecule has 0 saturated carbocycles. The van der Waals surface area contributed by atoms with Crippen LogP contribution in [-0.4, -0.2) is 47.1 Å². The van der Waals surface area contributed by atoms with Gasteiger partial charge >= 0.3 is 6.09 Å². The van der Waals surface area contributed by atoms with Crippen molar-refractivity contribution in [2.24, 2.45) is 0 Å². The molecule has 2 heterocycles. The van der Waals surface area contributed by atoms with Crippen molar-refractivity contribution in [2.75, 3.05) is 20.2 Å². The molecular weight excluding hydrogens is 412 g/mol. The first kappa shape index (κ1) is 19.0. The van der Waals surface area contributed by atoms with Gasteiger partial charge in [-0.1, -0.05) is 21.9 Å². The molecule has 0 unspecified atom stereocenters. The lowest BCUT2D eigenvalue weighted by Crippen LogP contribution is -2.40. The molecule has 8 heteroatoms. The number of aromatic nitrogens is 2. The summed E-state index contributed by atoms with van der Waals surface area (Å²) in [5, 5.41) is 2.42. The van der Waals surface area contributed by atoms with E-state index in [1.165, 1.54) is 7.11 Å². The average molecular weight is 431 g/mol. The molecule has 1 saturated heterocycles. The van der Waals surface area contributed by atoms with Crippen LogP contribution in [0.3, 0.4) is 0 Å². The summed E-state index contributed by atoms with van der Waals surface area (Å²) >= 11 is 3.40. The number of hydrogen-bond acceptors (Lipinski definition) is 4. The maximum absolute atomic E-state index is 12.4. The Kier molecular flexibility index (Phi) is 6.14. The Morgan fingerprint density at radius 1 is 1.37 bits per heavy atom. The summed E-state index contributed by atoms with van der Waals surface area (Å²) in [6, 6.07) is 7.60. The number of alkyl carbamates (subject to hydrolysis) is 1. The molecule has 1 aliphatic rings. The van der Waals surface area contributed by atoms with Crippen LogP contribution in [0.5, 0.6) is 0 Å². The highest BCUT2D eigenvalue weighted by Gasteiger charge is 2.31. The number of benzene rings is 1. The summed E-state index contributed by atoms with van der Waals surface area (Å²) in [5.74, 6) is 6.68. The summed E-state index contributed by atoms with van der Waals surface area (Å²) in [6.45, 7) is 0.535. The second-order valence-corrected chi connectivity index (χ2v) is 6.94. The highest BCUT2D eigenvalue weighted by Crippen LogP contribution is 2.29. The first-order valence-corrected chi connectivity index (χ1v) is 9.30. The Labute approximate surface area is 165 Å². The zero-order valence-corrected chi connectivity index (χ0v) is 16.4. The molecular formula is C19H19BrN4O3. The van der Waals surface area contributed by atoms with Gasteiger partial charge in [-0.25, -0.2) is 9.78 Å². The number of rotatable bonds is 3. The van der Waals surface area contributed by atoms with Gasteiger partial charge in [0.2, 0.25) is 5.91 Å². The molecule has 0 bridgehead atoms. The van der Waals surface area contributed by atoms with Crippen molar-refractivity contribution in [3.63, 3.8) is 0 Å². The van der Waals surface area contributed by atoms with Crippen molar-refractivity contribution in [2.45, 2.75) is 18.9 Å². The molecule has 2 amide bonds. The first-order valence-electron chi connectivity index (χ1n) is 8.50. The minimum absolute atomic E-state index is 0.0971. The van der Waals surface area contributed by atoms with Crippen LogP contribution in [0.25, 0.3) is 0 Å². The van der Waals surface area contributed by atoms with E-state index in [1.54, 1.807) is 11.1 Å². The summed E-state index contributed by atoms with van der Waals surface area (Å²) < 4.78 is 5.50. The molecule has 1 atom stereocenters. The maximum Gasteiger partial charge on any atom is 0.407 e. The third kappa shape index (κ3) is 4.89. The smallest absolute Gasteiger partial charge is 0.407 e. The molecule has 1 aliphatic heterocycles. The van der Waals surface area contributed by atoms with Crippen LogP contribution in [0.2, 0.25) is 0 Å². The van der Waals surface area contributed by atoms with Gasteiger partial charge < -0.3 is 19.9 Å². The number of aromatic amines is 1. The summed E-state index contributed by atoms with van der Waals surface area (Å²) in [5.41, 5.74) is 1.60. The number of ether oxygens (including phenoxy) is 1. The van der Waals surface area contributed by atoms with Crippen molar-refractivity contribution < 1.29 is 14.3 Å². The number of H-pyrrole nitrogens is 1. The van der Waals surface area contributed by atoms with Crippen LogP contribution in [-0.2, 0) is 9.53 Å². The number of carbonyl (C=O) groups excluding carboxylic acids is 2. The SMILES string of the molecule is COC(=O)NCC(=O)N1CCC[C@H]1c1ncc(C#Cc2ccc(Br)cc2)[nH]1. The molecule has 0 aliphatic carbocycles. The quantitative estimate of drug-likeness (QED) is 0.732. The summed E-state index contributed by atoms with van der Waals surface area (Å²) in [6.07, 6.45) is 2.75. The Bertz CT molecular complexity index is 882. The van der Waals surface area contributed by atoms with Crippen LogP contribution >= 0.6 is 15.9 Å². The van der Waals surface area contributed by atoms with Crippen LogP contribution in [0.1, 0.15) is 36.0 Å². The predicted molar refractivity (Wildman–Crippen MR) is 103 cm³/mol. The van der Waals surface area contributed by atoms with E-state index in [2.05, 4.69) is 47.8 Å². The fourth-order valence-electron chi connectivity index (χ4n) is 2.91. The molecule has 0 radical (unpaired) electrons. The minimum Gasteiger partial charge on any atom is -0.453 e. The first-order chi connectivity index (χ1) is 13.1. The third-order valence-corrected chi connectivity index (χ3v) is 4.77. The largest absolute Gasteiger partial charge is 0.453 e. The van der Waals surface area contributed by atoms with E-state index in [4.69, 9.17) is 0 Å². The van der Waals surface area contributed by atoms with Crippen molar-refractivity contribution >= 4 is 27.9 Å². The van der Waals surface area contributed by atoms with Gasteiger partial charge in [0.25, 0.3) is 0 Å². The van der Waals surface area contributed by atoms with E-state index in [1.807, 2.05) is 24.3 Å². The number of halogens is 1. The van der Waals surface area contributed by atoms with E-state index in [0.717, 1.165) is 22.9 Å². The molecule has 0 spiro atoms. The van der Waals surface area contributed by atoms with E-state index < -0.39 is 6.09 Å². The van der Waals surface area contributed by atoms with E-state index in [9.17, 15) is 9.59 Å². The monoisotopic (exact) mass is 430 g/mol. The van der Waals surface area contributed by atoms with Gasteiger partial charge in [0, 0.05) is 16.6 Å². The van der Waals surface area contributed by atoms with Crippen molar-refractivity contribution in [1.82, 2.24) is 20.2 Å². The summed E-state index contributed by atoms with van der Waals surface area (Å²) in [4.78, 5) is 32.8. The van der Waals surface area contributed by atoms with Crippen LogP contribution in [0, 0.1) is 11.8 Å². The molecule has 1 aromatic heterocycles. The fourth-order valence-corrected chi connectivity index (χ4v) is 3.18. The Morgan fingerprint density at radius 2 is 2.15 bits per heavy atom. The Balaban J connectivity index is 1.67. The van der Waals surface area contributed by atoms with E-state index in [-0.39, 0.29) is 18.5 Å². The second kappa shape index (κ2) is 8.73. The number of nitrogens with one attached hydrogen (secondary N) is 2. The van der Waals surface area contributed by atoms with E-state index in [0.29, 0.717) is 18.1 Å². The number of carbonyl (C=O) groups is 2. The lowest BCUT2D eigenvalue weighted by Gasteiger charge is -2.23. The van der Waals surface area contributed by atoms with Crippen molar-refractivity contribution in [3.05, 3.63) is 52.0 Å². The number of hydrogen-bond donors (Lipinski definition) is 2. The number of likely N-dealkylation sites (tertiary alicyclic amines) is 1. The molecule has 2 N–H and O–H groups in total. The number of amides is 2. The van der Waals surface area contributed by atoms with Gasteiger partial charge in [0.05, 0.1) is 19.3 Å². The highest BCUT2D eigenvalue weighted by atomic mass is 79.9. The lowest BCUT2D eigenvalue weighted by molar-refractivity contribution is -0.131. The van der Waals surface area contributed by atoms with Crippen molar-refractivity contribution in [3.8, 4) is 11.8 Å². The lowest BCUT2D eigenvalue weighted by atomic mass is 10.2. The molecule has 27 heavy (non-hydrogen) atoms. The maximum atomic E-state index is 12.4. The highest BCUT2D eigenvalue weighted by molar-refractivity contribution is 9.10. The minimum atomic E-state index is -0.623. The van der Waals surface area contributed by atoms with Gasteiger partial charge in [0.15, 0.2) is 0 Å². The van der Waals surface area contributed by atoms with Gasteiger partial charge in [-0.2, -0.15) is 0 Å². The topological polar surface area (TPSA) is 87.3 Å². The fraction of sp³-hybridized carbons (Fsp3) is 0.316. The molecule has 3 rings (SSSR count). The Morgan fingerprint density at radius 3 is 2.89 bits per heavy atom. The summed E-state index contributed by atoms with van der Waals surface area (Å²) in [7, 11) is 1.26. The number of methoxy groups -OCH3 is 1. The van der Waals surface area contributed by atoms with E-state index >= 15 is 0 Å². The Hall–Kier alpha value is -2.79. The van der Waals surface area contributed by atoms with Gasteiger partial charge in [-0.05, 0) is 43.0 Å². The molecule has 7 nitrogen and oxygen atoms in total. The molecule has 1 aromatic carbocycles. The van der Waals surface area contributed by atoms with Gasteiger partial charge in [0.1, 0.15) is 18.1 Å². The second-order valence-electron chi connectivity index (χ2n) is 6.03. The van der Waals surface area contributed by atoms with Crippen LogP contribution < -0.4 is 5.32 Å².